The summed E-state index contributed by atoms with van der Waals surface area (Å²) >= 11 is 0. The summed E-state index contributed by atoms with van der Waals surface area (Å²) in [5.41, 5.74) is 9.01. The number of anilines is 1. The Bertz CT molecular complexity index is 1140. The van der Waals surface area contributed by atoms with E-state index in [2.05, 4.69) is 40.2 Å². The summed E-state index contributed by atoms with van der Waals surface area (Å²) in [6.07, 6.45) is 5.24. The number of nitrogens with zero attached hydrogens (tertiary/aromatic N) is 2. The summed E-state index contributed by atoms with van der Waals surface area (Å²) in [6.45, 7) is 3.58. The number of hydrogen-bond donors (Lipinski definition) is 2. The largest absolute Gasteiger partial charge is 0.399 e. The summed E-state index contributed by atoms with van der Waals surface area (Å²) < 4.78 is 1.62. The molecule has 3 N–H and O–H groups in total. The van der Waals surface area contributed by atoms with Gasteiger partial charge in [0.05, 0.1) is 10.9 Å². The van der Waals surface area contributed by atoms with Gasteiger partial charge in [-0.15, -0.1) is 0 Å². The molecule has 0 unspecified atom stereocenters. The van der Waals surface area contributed by atoms with Crippen molar-refractivity contribution in [1.82, 2.24) is 14.5 Å². The van der Waals surface area contributed by atoms with Crippen LogP contribution < -0.4 is 17.0 Å². The Morgan fingerprint density at radius 2 is 1.79 bits per heavy atom. The molecule has 0 spiro atoms. The van der Waals surface area contributed by atoms with Gasteiger partial charge in [-0.3, -0.25) is 19.2 Å². The number of nitrogens with one attached hydrogen (secondary N) is 1. The molecule has 2 heterocycles. The molecule has 0 fully saturated rings. The van der Waals surface area contributed by atoms with Gasteiger partial charge in [0, 0.05) is 25.3 Å². The number of aromatic amines is 1. The lowest BCUT2D eigenvalue weighted by Crippen LogP contribution is -2.31. The molecule has 0 bridgehead atoms. The maximum atomic E-state index is 12.3. The molecular formula is C23H26N4O2. The van der Waals surface area contributed by atoms with Crippen molar-refractivity contribution in [2.45, 2.75) is 25.8 Å². The number of benzene rings is 2. The zero-order chi connectivity index (χ0) is 20.2. The third-order valence-corrected chi connectivity index (χ3v) is 5.57. The highest BCUT2D eigenvalue weighted by Crippen LogP contribution is 2.22. The van der Waals surface area contributed by atoms with E-state index < -0.39 is 0 Å². The first-order valence-corrected chi connectivity index (χ1v) is 10.1. The molecule has 4 rings (SSSR count). The number of unbranched alkanes of at least 4 members (excludes halogenated alkanes) is 1. The Labute approximate surface area is 169 Å². The highest BCUT2D eigenvalue weighted by atomic mass is 16.2. The van der Waals surface area contributed by atoms with Crippen LogP contribution in [0.5, 0.6) is 0 Å². The quantitative estimate of drug-likeness (QED) is 0.501. The minimum absolute atomic E-state index is 0.365. The SMILES string of the molecule is Nc1ccc2c(=O)[nH]c(=O)n(CCCCN3CC=C(c4ccccc4)CC3)c2c1. The summed E-state index contributed by atoms with van der Waals surface area (Å²) in [4.78, 5) is 29.1. The van der Waals surface area contributed by atoms with Crippen LogP contribution in [-0.2, 0) is 6.54 Å². The van der Waals surface area contributed by atoms with Crippen LogP contribution in [0.25, 0.3) is 16.5 Å². The first-order chi connectivity index (χ1) is 14.1. The van der Waals surface area contributed by atoms with Crippen LogP contribution in [0.1, 0.15) is 24.8 Å². The Morgan fingerprint density at radius 1 is 1.00 bits per heavy atom. The Balaban J connectivity index is 1.35. The normalized spacial score (nSPS) is 14.8. The predicted molar refractivity (Wildman–Crippen MR) is 118 cm³/mol. The Kier molecular flexibility index (Phi) is 5.62. The van der Waals surface area contributed by atoms with Gasteiger partial charge in [0.1, 0.15) is 0 Å². The topological polar surface area (TPSA) is 84.1 Å². The highest BCUT2D eigenvalue weighted by molar-refractivity contribution is 5.81. The second kappa shape index (κ2) is 8.49. The van der Waals surface area contributed by atoms with Gasteiger partial charge in [0.15, 0.2) is 0 Å². The van der Waals surface area contributed by atoms with Crippen molar-refractivity contribution < 1.29 is 0 Å². The van der Waals surface area contributed by atoms with Crippen LogP contribution in [-0.4, -0.2) is 34.1 Å². The van der Waals surface area contributed by atoms with Crippen molar-refractivity contribution in [3.05, 3.63) is 81.0 Å². The number of rotatable bonds is 6. The fourth-order valence-corrected chi connectivity index (χ4v) is 3.96. The van der Waals surface area contributed by atoms with Crippen LogP contribution in [0.3, 0.4) is 0 Å². The standard InChI is InChI=1S/C23H26N4O2/c24-19-8-9-20-21(16-19)27(23(29)25-22(20)28)13-5-4-12-26-14-10-18(11-15-26)17-6-2-1-3-7-17/h1-3,6-10,16H,4-5,11-15,24H2,(H,25,28,29). The van der Waals surface area contributed by atoms with Gasteiger partial charge in [-0.1, -0.05) is 36.4 Å². The summed E-state index contributed by atoms with van der Waals surface area (Å²) in [7, 11) is 0. The summed E-state index contributed by atoms with van der Waals surface area (Å²) in [5, 5.41) is 0.494. The average molecular weight is 390 g/mol. The van der Waals surface area contributed by atoms with Crippen LogP contribution in [0.2, 0.25) is 0 Å². The van der Waals surface area contributed by atoms with Crippen LogP contribution in [0.4, 0.5) is 5.69 Å². The first kappa shape index (κ1) is 19.2. The second-order valence-corrected chi connectivity index (χ2v) is 7.54. The lowest BCUT2D eigenvalue weighted by atomic mass is 9.99. The van der Waals surface area contributed by atoms with Crippen molar-refractivity contribution in [3.8, 4) is 0 Å². The highest BCUT2D eigenvalue weighted by Gasteiger charge is 2.13. The van der Waals surface area contributed by atoms with E-state index >= 15 is 0 Å². The molecule has 0 saturated heterocycles. The third kappa shape index (κ3) is 4.32. The molecule has 0 atom stereocenters. The fraction of sp³-hybridized carbons (Fsp3) is 0.304. The minimum atomic E-state index is -0.374. The Morgan fingerprint density at radius 3 is 2.55 bits per heavy atom. The molecule has 0 saturated carbocycles. The number of nitrogen functional groups attached to an aromatic ring is 1. The van der Waals surface area contributed by atoms with E-state index in [9.17, 15) is 9.59 Å². The van der Waals surface area contributed by atoms with Gasteiger partial charge in [-0.2, -0.15) is 0 Å². The maximum Gasteiger partial charge on any atom is 0.328 e. The fourth-order valence-electron chi connectivity index (χ4n) is 3.96. The average Bonchev–Trinajstić information content (AvgIpc) is 2.74. The Hall–Kier alpha value is -3.12. The van der Waals surface area contributed by atoms with E-state index in [4.69, 9.17) is 5.73 Å². The number of aryl methyl sites for hydroxylation is 1. The lowest BCUT2D eigenvalue weighted by molar-refractivity contribution is 0.292. The number of fused-ring (bicyclic) bond motifs is 1. The zero-order valence-electron chi connectivity index (χ0n) is 16.4. The number of nitrogens with two attached hydrogens (primary N) is 1. The number of H-pyrrole nitrogens is 1. The third-order valence-electron chi connectivity index (χ3n) is 5.57. The smallest absolute Gasteiger partial charge is 0.328 e. The molecule has 2 aromatic carbocycles. The van der Waals surface area contributed by atoms with E-state index in [1.54, 1.807) is 22.8 Å². The van der Waals surface area contributed by atoms with Crippen molar-refractivity contribution in [3.63, 3.8) is 0 Å². The van der Waals surface area contributed by atoms with Gasteiger partial charge in [0.2, 0.25) is 0 Å². The van der Waals surface area contributed by atoms with Gasteiger partial charge in [0.25, 0.3) is 5.56 Å². The van der Waals surface area contributed by atoms with Gasteiger partial charge in [-0.25, -0.2) is 4.79 Å². The molecule has 1 aliphatic rings. The van der Waals surface area contributed by atoms with Crippen LogP contribution >= 0.6 is 0 Å². The van der Waals surface area contributed by atoms with Gasteiger partial charge < -0.3 is 5.73 Å². The summed E-state index contributed by atoms with van der Waals surface area (Å²) in [5.74, 6) is 0. The van der Waals surface area contributed by atoms with E-state index in [1.807, 2.05) is 6.07 Å². The molecule has 3 aromatic rings. The molecule has 29 heavy (non-hydrogen) atoms. The van der Waals surface area contributed by atoms with E-state index in [-0.39, 0.29) is 11.2 Å². The van der Waals surface area contributed by atoms with Crippen molar-refractivity contribution in [2.24, 2.45) is 0 Å². The molecular weight excluding hydrogens is 364 g/mol. The molecule has 6 heteroatoms. The molecule has 6 nitrogen and oxygen atoms in total. The monoisotopic (exact) mass is 390 g/mol. The van der Waals surface area contributed by atoms with Gasteiger partial charge in [-0.05, 0) is 55.1 Å². The second-order valence-electron chi connectivity index (χ2n) is 7.54. The molecule has 0 amide bonds. The maximum absolute atomic E-state index is 12.3. The van der Waals surface area contributed by atoms with Gasteiger partial charge >= 0.3 is 5.69 Å². The number of aromatic nitrogens is 2. The summed E-state index contributed by atoms with van der Waals surface area (Å²) in [6, 6.07) is 15.6. The lowest BCUT2D eigenvalue weighted by Gasteiger charge is -2.26. The van der Waals surface area contributed by atoms with Crippen molar-refractivity contribution in [1.29, 1.82) is 0 Å². The van der Waals surface area contributed by atoms with Crippen LogP contribution in [0.15, 0.2) is 64.2 Å². The predicted octanol–water partition coefficient (Wildman–Crippen LogP) is 2.84. The van der Waals surface area contributed by atoms with Crippen LogP contribution in [0, 0.1) is 0 Å². The first-order valence-electron chi connectivity index (χ1n) is 10.1. The molecule has 1 aliphatic heterocycles. The van der Waals surface area contributed by atoms with E-state index in [0.717, 1.165) is 38.9 Å². The van der Waals surface area contributed by atoms with E-state index in [1.165, 1.54) is 11.1 Å². The molecule has 1 aromatic heterocycles. The van der Waals surface area contributed by atoms with Crippen molar-refractivity contribution in [2.75, 3.05) is 25.4 Å². The minimum Gasteiger partial charge on any atom is -0.399 e. The number of hydrogen-bond acceptors (Lipinski definition) is 4. The van der Waals surface area contributed by atoms with Crippen molar-refractivity contribution >= 4 is 22.2 Å². The van der Waals surface area contributed by atoms with E-state index in [0.29, 0.717) is 23.1 Å². The molecule has 0 radical (unpaired) electrons. The molecule has 0 aliphatic carbocycles. The molecule has 150 valence electrons. The zero-order valence-corrected chi connectivity index (χ0v) is 16.4.